The monoisotopic (exact) mass is 385 g/mol. The molecule has 0 aliphatic carbocycles. The average Bonchev–Trinajstić information content (AvgIpc) is 2.92. The van der Waals surface area contributed by atoms with Crippen LogP contribution in [0.5, 0.6) is 0 Å². The molecule has 2 heterocycles. The number of ether oxygens (including phenoxy) is 1. The van der Waals surface area contributed by atoms with E-state index >= 15 is 0 Å². The van der Waals surface area contributed by atoms with Crippen molar-refractivity contribution in [2.45, 2.75) is 84.9 Å². The molecule has 1 fully saturated rings. The largest absolute Gasteiger partial charge is 0.352 e. The van der Waals surface area contributed by atoms with E-state index in [1.165, 1.54) is 4.57 Å². The first-order valence-electron chi connectivity index (χ1n) is 9.31. The highest BCUT2D eigenvalue weighted by atomic mass is 31.2. The van der Waals surface area contributed by atoms with E-state index in [1.54, 1.807) is 13.1 Å². The highest BCUT2D eigenvalue weighted by Gasteiger charge is 2.38. The average molecular weight is 385 g/mol. The number of rotatable bonds is 7. The Labute approximate surface area is 156 Å². The van der Waals surface area contributed by atoms with E-state index in [0.29, 0.717) is 24.1 Å². The van der Waals surface area contributed by atoms with Crippen LogP contribution in [0, 0.1) is 6.92 Å². The molecule has 0 aromatic carbocycles. The van der Waals surface area contributed by atoms with Gasteiger partial charge in [-0.15, -0.1) is 0 Å². The molecule has 0 amide bonds. The maximum atomic E-state index is 12.2. The predicted molar refractivity (Wildman–Crippen MR) is 105 cm³/mol. The fourth-order valence-corrected chi connectivity index (χ4v) is 5.67. The second kappa shape index (κ2) is 8.79. The molecular weight excluding hydrogens is 353 g/mol. The second-order valence-corrected chi connectivity index (χ2v) is 9.03. The molecule has 148 valence electrons. The molecule has 7 nitrogen and oxygen atoms in total. The molecule has 26 heavy (non-hydrogen) atoms. The summed E-state index contributed by atoms with van der Waals surface area (Å²) in [4.78, 5) is 26.1. The summed E-state index contributed by atoms with van der Waals surface area (Å²) < 4.78 is 16.4. The third-order valence-corrected chi connectivity index (χ3v) is 6.86. The molecule has 0 radical (unpaired) electrons. The van der Waals surface area contributed by atoms with Gasteiger partial charge in [0.15, 0.2) is 0 Å². The van der Waals surface area contributed by atoms with Crippen LogP contribution < -0.4 is 11.2 Å². The molecule has 0 spiro atoms. The SMILES string of the molecule is CC[C@H]1O[C@@H](n2cc(C)c(=O)[nH]c2=O)C[C@H]1OP(C)N(C(C)C)C(C)C. The minimum absolute atomic E-state index is 0.0646. The van der Waals surface area contributed by atoms with Crippen molar-refractivity contribution in [1.82, 2.24) is 14.2 Å². The molecular formula is C18H32N3O4P. The van der Waals surface area contributed by atoms with Crippen molar-refractivity contribution in [2.24, 2.45) is 0 Å². The lowest BCUT2D eigenvalue weighted by Gasteiger charge is -2.37. The van der Waals surface area contributed by atoms with Crippen LogP contribution >= 0.6 is 8.30 Å². The Morgan fingerprint density at radius 1 is 1.35 bits per heavy atom. The summed E-state index contributed by atoms with van der Waals surface area (Å²) in [5.41, 5.74) is -0.300. The van der Waals surface area contributed by atoms with Crippen molar-refractivity contribution in [2.75, 3.05) is 6.66 Å². The standard InChI is InChI=1S/C18H32N3O4P/c1-8-14-15(25-26(7)21(11(2)3)12(4)5)9-16(24-14)20-10-13(6)17(22)19-18(20)23/h10-12,14-16H,8-9H2,1-7H3,(H,19,22,23)/t14-,15-,16-,26?/m1/s1. The molecule has 2 rings (SSSR count). The fraction of sp³-hybridized carbons (Fsp3) is 0.778. The zero-order valence-corrected chi connectivity index (χ0v) is 17.7. The van der Waals surface area contributed by atoms with Crippen LogP contribution in [0.1, 0.15) is 59.3 Å². The molecule has 4 atom stereocenters. The van der Waals surface area contributed by atoms with E-state index in [9.17, 15) is 9.59 Å². The predicted octanol–water partition coefficient (Wildman–Crippen LogP) is 2.99. The number of aromatic nitrogens is 2. The van der Waals surface area contributed by atoms with E-state index in [1.807, 2.05) is 0 Å². The van der Waals surface area contributed by atoms with E-state index < -0.39 is 20.2 Å². The van der Waals surface area contributed by atoms with Gasteiger partial charge in [0.1, 0.15) is 14.5 Å². The molecule has 1 N–H and O–H groups in total. The van der Waals surface area contributed by atoms with Crippen molar-refractivity contribution < 1.29 is 9.26 Å². The van der Waals surface area contributed by atoms with E-state index in [2.05, 4.69) is 50.9 Å². The van der Waals surface area contributed by atoms with Crippen molar-refractivity contribution in [3.05, 3.63) is 32.6 Å². The number of nitrogens with one attached hydrogen (secondary N) is 1. The molecule has 8 heteroatoms. The van der Waals surface area contributed by atoms with Gasteiger partial charge < -0.3 is 9.26 Å². The third-order valence-electron chi connectivity index (χ3n) is 4.71. The summed E-state index contributed by atoms with van der Waals surface area (Å²) >= 11 is 0. The summed E-state index contributed by atoms with van der Waals surface area (Å²) in [6, 6.07) is 0.794. The number of aryl methyl sites for hydroxylation is 1. The lowest BCUT2D eigenvalue weighted by molar-refractivity contribution is -0.0178. The molecule has 1 aromatic rings. The van der Waals surface area contributed by atoms with Crippen LogP contribution in [0.2, 0.25) is 0 Å². The Hall–Kier alpha value is -1.01. The molecule has 1 aliphatic heterocycles. The second-order valence-electron chi connectivity index (χ2n) is 7.43. The van der Waals surface area contributed by atoms with E-state index in [4.69, 9.17) is 9.26 Å². The first kappa shape index (κ1) is 21.3. The summed E-state index contributed by atoms with van der Waals surface area (Å²) in [5.74, 6) is 0. The fourth-order valence-electron chi connectivity index (χ4n) is 3.64. The smallest absolute Gasteiger partial charge is 0.330 e. The zero-order valence-electron chi connectivity index (χ0n) is 16.9. The molecule has 1 aromatic heterocycles. The first-order chi connectivity index (χ1) is 12.1. The van der Waals surface area contributed by atoms with Crippen molar-refractivity contribution in [3.8, 4) is 0 Å². The van der Waals surface area contributed by atoms with Crippen molar-refractivity contribution in [3.63, 3.8) is 0 Å². The van der Waals surface area contributed by atoms with Crippen LogP contribution in [0.3, 0.4) is 0 Å². The number of aromatic amines is 1. The maximum Gasteiger partial charge on any atom is 0.330 e. The summed E-state index contributed by atoms with van der Waals surface area (Å²) in [6.45, 7) is 14.6. The summed E-state index contributed by atoms with van der Waals surface area (Å²) in [6.07, 6.45) is 2.43. The Morgan fingerprint density at radius 2 is 1.96 bits per heavy atom. The normalized spacial score (nSPS) is 24.8. The van der Waals surface area contributed by atoms with Gasteiger partial charge in [-0.25, -0.2) is 4.79 Å². The molecule has 1 unspecified atom stereocenters. The Bertz CT molecular complexity index is 707. The third kappa shape index (κ3) is 4.63. The van der Waals surface area contributed by atoms with Gasteiger partial charge in [0, 0.05) is 30.3 Å². The van der Waals surface area contributed by atoms with Gasteiger partial charge in [-0.2, -0.15) is 0 Å². The molecule has 1 aliphatic rings. The van der Waals surface area contributed by atoms with Gasteiger partial charge in [0.2, 0.25) is 0 Å². The van der Waals surface area contributed by atoms with Gasteiger partial charge >= 0.3 is 5.69 Å². The molecule has 0 bridgehead atoms. The van der Waals surface area contributed by atoms with Crippen LogP contribution in [-0.2, 0) is 9.26 Å². The van der Waals surface area contributed by atoms with Gasteiger partial charge in [-0.05, 0) is 47.7 Å². The van der Waals surface area contributed by atoms with E-state index in [0.717, 1.165) is 6.42 Å². The Balaban J connectivity index is 2.18. The number of nitrogens with zero attached hydrogens (tertiary/aromatic N) is 2. The van der Waals surface area contributed by atoms with Gasteiger partial charge in [0.05, 0.1) is 12.2 Å². The lowest BCUT2D eigenvalue weighted by atomic mass is 10.1. The quantitative estimate of drug-likeness (QED) is 0.730. The maximum absolute atomic E-state index is 12.2. The van der Waals surface area contributed by atoms with Crippen LogP contribution in [0.25, 0.3) is 0 Å². The summed E-state index contributed by atoms with van der Waals surface area (Å²) in [5, 5.41) is 0. The van der Waals surface area contributed by atoms with Crippen LogP contribution in [0.4, 0.5) is 0 Å². The minimum atomic E-state index is -0.765. The zero-order chi connectivity index (χ0) is 19.6. The van der Waals surface area contributed by atoms with Gasteiger partial charge in [-0.3, -0.25) is 19.0 Å². The topological polar surface area (TPSA) is 76.6 Å². The van der Waals surface area contributed by atoms with Gasteiger partial charge in [0.25, 0.3) is 5.56 Å². The van der Waals surface area contributed by atoms with Crippen LogP contribution in [-0.4, -0.2) is 45.2 Å². The lowest BCUT2D eigenvalue weighted by Crippen LogP contribution is -2.34. The van der Waals surface area contributed by atoms with E-state index in [-0.39, 0.29) is 17.8 Å². The number of H-pyrrole nitrogens is 1. The molecule has 1 saturated heterocycles. The number of hydrogen-bond acceptors (Lipinski definition) is 5. The Kier molecular flexibility index (Phi) is 7.19. The minimum Gasteiger partial charge on any atom is -0.352 e. The van der Waals surface area contributed by atoms with Gasteiger partial charge in [-0.1, -0.05) is 6.92 Å². The number of hydrogen-bond donors (Lipinski definition) is 1. The molecule has 0 saturated carbocycles. The van der Waals surface area contributed by atoms with Crippen LogP contribution in [0.15, 0.2) is 15.8 Å². The highest BCUT2D eigenvalue weighted by Crippen LogP contribution is 2.46. The first-order valence-corrected chi connectivity index (χ1v) is 11.0. The van der Waals surface area contributed by atoms with Crippen molar-refractivity contribution in [1.29, 1.82) is 0 Å². The highest BCUT2D eigenvalue weighted by molar-refractivity contribution is 7.49. The summed E-state index contributed by atoms with van der Waals surface area (Å²) in [7, 11) is -0.765. The van der Waals surface area contributed by atoms with Crippen molar-refractivity contribution >= 4 is 8.30 Å². The Morgan fingerprint density at radius 3 is 2.50 bits per heavy atom.